The Morgan fingerprint density at radius 2 is 1.71 bits per heavy atom. The number of halogens is 3. The molecule has 2 aromatic rings. The molecule has 7 N–H and O–H groups in total. The SMILES string of the molecule is C.NC(N)=c1ccs/c1=C(/N)c1cnccc1C(F)(F)F.[B]C(O)(C1CCOCC1)N1CC2CCCC2C1. The minimum absolute atomic E-state index is 0. The number of pyridine rings is 1. The molecule has 3 aliphatic rings. The van der Waals surface area contributed by atoms with Crippen LogP contribution in [0.1, 0.15) is 50.7 Å². The molecular formula is C26H37BF3N5O2S. The quantitative estimate of drug-likeness (QED) is 0.430. The lowest BCUT2D eigenvalue weighted by Gasteiger charge is -2.43. The van der Waals surface area contributed by atoms with Gasteiger partial charge in [-0.05, 0) is 60.9 Å². The topological polar surface area (TPSA) is 124 Å². The van der Waals surface area contributed by atoms with Crippen molar-refractivity contribution in [3.63, 3.8) is 0 Å². The molecular weight excluding hydrogens is 514 g/mol. The average molecular weight is 551 g/mol. The molecule has 1 aliphatic carbocycles. The van der Waals surface area contributed by atoms with Crippen LogP contribution in [0.3, 0.4) is 0 Å². The first-order valence-corrected chi connectivity index (χ1v) is 13.3. The van der Waals surface area contributed by atoms with Crippen LogP contribution >= 0.6 is 11.3 Å². The van der Waals surface area contributed by atoms with Crippen molar-refractivity contribution in [2.75, 3.05) is 26.3 Å². The predicted molar refractivity (Wildman–Crippen MR) is 145 cm³/mol. The van der Waals surface area contributed by atoms with E-state index in [0.29, 0.717) is 9.75 Å². The number of alkyl halides is 3. The number of nitrogens with two attached hydrogens (primary N) is 3. The number of aromatic nitrogens is 1. The van der Waals surface area contributed by atoms with Gasteiger partial charge >= 0.3 is 6.18 Å². The minimum atomic E-state index is -4.52. The van der Waals surface area contributed by atoms with Gasteiger partial charge in [0, 0.05) is 49.5 Å². The zero-order chi connectivity index (χ0) is 26.8. The van der Waals surface area contributed by atoms with Crippen molar-refractivity contribution in [1.29, 1.82) is 0 Å². The number of aliphatic hydroxyl groups is 1. The fraction of sp³-hybridized carbons (Fsp3) is 0.577. The van der Waals surface area contributed by atoms with E-state index in [2.05, 4.69) is 9.88 Å². The molecule has 208 valence electrons. The molecule has 0 spiro atoms. The molecule has 0 aromatic carbocycles. The van der Waals surface area contributed by atoms with E-state index in [0.717, 1.165) is 80.8 Å². The van der Waals surface area contributed by atoms with Crippen LogP contribution in [0, 0.1) is 17.8 Å². The smallest absolute Gasteiger partial charge is 0.397 e. The van der Waals surface area contributed by atoms with Crippen molar-refractivity contribution in [1.82, 2.24) is 9.88 Å². The van der Waals surface area contributed by atoms with Gasteiger partial charge in [-0.15, -0.1) is 11.3 Å². The number of thiophene rings is 1. The van der Waals surface area contributed by atoms with Crippen LogP contribution in [0.2, 0.25) is 0 Å². The van der Waals surface area contributed by atoms with E-state index in [1.165, 1.54) is 19.3 Å². The van der Waals surface area contributed by atoms with Crippen LogP contribution in [0.4, 0.5) is 13.2 Å². The van der Waals surface area contributed by atoms with Crippen molar-refractivity contribution < 1.29 is 23.0 Å². The third-order valence-electron chi connectivity index (χ3n) is 7.69. The largest absolute Gasteiger partial charge is 0.417 e. The molecule has 3 atom stereocenters. The summed E-state index contributed by atoms with van der Waals surface area (Å²) in [6.07, 6.45) is 3.42. The molecule has 2 aliphatic heterocycles. The number of likely N-dealkylation sites (tertiary alicyclic amines) is 1. The van der Waals surface area contributed by atoms with E-state index in [1.807, 2.05) is 0 Å². The zero-order valence-corrected chi connectivity index (χ0v) is 21.4. The van der Waals surface area contributed by atoms with Crippen molar-refractivity contribution in [3.8, 4) is 0 Å². The molecule has 5 rings (SSSR count). The Hall–Kier alpha value is -2.28. The van der Waals surface area contributed by atoms with Gasteiger partial charge in [0.2, 0.25) is 0 Å². The predicted octanol–water partition coefficient (Wildman–Crippen LogP) is 1.86. The number of nitrogens with zero attached hydrogens (tertiary/aromatic N) is 2. The average Bonchev–Trinajstić information content (AvgIpc) is 3.61. The Kier molecular flexibility index (Phi) is 9.78. The summed E-state index contributed by atoms with van der Waals surface area (Å²) >= 11 is 1.16. The highest BCUT2D eigenvalue weighted by atomic mass is 32.1. The van der Waals surface area contributed by atoms with E-state index in [9.17, 15) is 18.3 Å². The lowest BCUT2D eigenvalue weighted by molar-refractivity contribution is -0.137. The molecule has 7 nitrogen and oxygen atoms in total. The summed E-state index contributed by atoms with van der Waals surface area (Å²) in [7, 11) is 6.23. The number of fused-ring (bicyclic) bond motifs is 1. The number of ether oxygens (including phenoxy) is 1. The molecule has 3 fully saturated rings. The molecule has 3 unspecified atom stereocenters. The van der Waals surface area contributed by atoms with Gasteiger partial charge in [-0.1, -0.05) is 13.8 Å². The van der Waals surface area contributed by atoms with E-state index in [-0.39, 0.29) is 30.4 Å². The van der Waals surface area contributed by atoms with E-state index in [4.69, 9.17) is 29.8 Å². The lowest BCUT2D eigenvalue weighted by atomic mass is 9.74. The maximum absolute atomic E-state index is 13.0. The van der Waals surface area contributed by atoms with Gasteiger partial charge in [-0.3, -0.25) is 9.88 Å². The fourth-order valence-corrected chi connectivity index (χ4v) is 6.52. The van der Waals surface area contributed by atoms with Gasteiger partial charge in [0.1, 0.15) is 13.7 Å². The molecule has 0 bridgehead atoms. The molecule has 4 heterocycles. The van der Waals surface area contributed by atoms with Crippen molar-refractivity contribution >= 4 is 30.7 Å². The van der Waals surface area contributed by atoms with E-state index < -0.39 is 17.4 Å². The molecule has 2 saturated heterocycles. The van der Waals surface area contributed by atoms with E-state index in [1.54, 1.807) is 11.4 Å². The fourth-order valence-electron chi connectivity index (χ4n) is 5.63. The van der Waals surface area contributed by atoms with Gasteiger partial charge in [0.15, 0.2) is 0 Å². The molecule has 1 saturated carbocycles. The summed E-state index contributed by atoms with van der Waals surface area (Å²) < 4.78 is 44.6. The summed E-state index contributed by atoms with van der Waals surface area (Å²) in [6, 6.07) is 2.48. The van der Waals surface area contributed by atoms with Crippen LogP contribution in [-0.4, -0.2) is 54.8 Å². The van der Waals surface area contributed by atoms with E-state index >= 15 is 0 Å². The molecule has 2 aromatic heterocycles. The second-order valence-electron chi connectivity index (χ2n) is 9.98. The number of hydrogen-bond acceptors (Lipinski definition) is 8. The van der Waals surface area contributed by atoms with Gasteiger partial charge in [0.25, 0.3) is 0 Å². The minimum Gasteiger partial charge on any atom is -0.397 e. The highest BCUT2D eigenvalue weighted by Gasteiger charge is 2.45. The molecule has 0 amide bonds. The van der Waals surface area contributed by atoms with Crippen molar-refractivity contribution in [2.24, 2.45) is 35.0 Å². The van der Waals surface area contributed by atoms with Gasteiger partial charge in [-0.25, -0.2) is 0 Å². The van der Waals surface area contributed by atoms with Crippen LogP contribution in [0.15, 0.2) is 29.9 Å². The highest BCUT2D eigenvalue weighted by molar-refractivity contribution is 7.07. The summed E-state index contributed by atoms with van der Waals surface area (Å²) in [5.74, 6) is 1.74. The van der Waals surface area contributed by atoms with Crippen LogP contribution in [0.5, 0.6) is 0 Å². The molecule has 12 heteroatoms. The Bertz CT molecular complexity index is 1180. The summed E-state index contributed by atoms with van der Waals surface area (Å²) in [5.41, 5.74) is 14.7. The van der Waals surface area contributed by atoms with Crippen LogP contribution in [0.25, 0.3) is 11.5 Å². The monoisotopic (exact) mass is 551 g/mol. The molecule has 2 radical (unpaired) electrons. The number of rotatable bonds is 3. The first-order chi connectivity index (χ1) is 17.5. The van der Waals surface area contributed by atoms with Crippen LogP contribution in [-0.2, 0) is 10.9 Å². The van der Waals surface area contributed by atoms with Crippen molar-refractivity contribution in [2.45, 2.75) is 51.3 Å². The Morgan fingerprint density at radius 1 is 1.08 bits per heavy atom. The normalized spacial score (nSPS) is 24.4. The first kappa shape index (κ1) is 30.3. The third kappa shape index (κ3) is 6.47. The zero-order valence-electron chi connectivity index (χ0n) is 20.6. The standard InChI is InChI=1S/C13H22BNO2.C12H11F3N4S.CH4/c14-13(16,12-4-6-17-7-5-12)15-8-10-2-1-3-11(10)9-15;13-12(14,15)8-1-3-19-5-7(8)9(16)10-6(11(17)18)2-4-20-10;/h10-12,16H,1-9H2;1-5H,16-18H2;1H4/b;10-9+;. The second-order valence-corrected chi connectivity index (χ2v) is 10.9. The Labute approximate surface area is 227 Å². The van der Waals surface area contributed by atoms with Gasteiger partial charge in [0.05, 0.1) is 21.4 Å². The first-order valence-electron chi connectivity index (χ1n) is 12.4. The summed E-state index contributed by atoms with van der Waals surface area (Å²) in [4.78, 5) is 5.84. The Morgan fingerprint density at radius 3 is 2.29 bits per heavy atom. The summed E-state index contributed by atoms with van der Waals surface area (Å²) in [6.45, 7) is 3.47. The number of hydrogen-bond donors (Lipinski definition) is 4. The third-order valence-corrected chi connectivity index (χ3v) is 8.64. The molecule has 38 heavy (non-hydrogen) atoms. The van der Waals surface area contributed by atoms with Crippen LogP contribution < -0.4 is 27.0 Å². The Balaban J connectivity index is 0.000000207. The maximum atomic E-state index is 13.0. The maximum Gasteiger partial charge on any atom is 0.417 e. The van der Waals surface area contributed by atoms with Gasteiger partial charge < -0.3 is 27.0 Å². The lowest BCUT2D eigenvalue weighted by Crippen LogP contribution is -2.55. The summed E-state index contributed by atoms with van der Waals surface area (Å²) in [5, 5.41) is 12.7. The van der Waals surface area contributed by atoms with Crippen molar-refractivity contribution in [3.05, 3.63) is 50.8 Å². The highest BCUT2D eigenvalue weighted by Crippen LogP contribution is 2.41. The second kappa shape index (κ2) is 12.3. The van der Waals surface area contributed by atoms with Gasteiger partial charge in [-0.2, -0.15) is 13.2 Å².